The molecule has 1 aromatic carbocycles. The van der Waals surface area contributed by atoms with Gasteiger partial charge in [0.1, 0.15) is 11.9 Å². The van der Waals surface area contributed by atoms with Crippen molar-refractivity contribution >= 4 is 9.84 Å². The van der Waals surface area contributed by atoms with Gasteiger partial charge in [0.25, 0.3) is 0 Å². The van der Waals surface area contributed by atoms with E-state index in [0.717, 1.165) is 0 Å². The van der Waals surface area contributed by atoms with Gasteiger partial charge < -0.3 is 9.84 Å². The summed E-state index contributed by atoms with van der Waals surface area (Å²) in [6.45, 7) is 1.44. The Balaban J connectivity index is 2.19. The molecule has 1 saturated carbocycles. The van der Waals surface area contributed by atoms with E-state index in [1.807, 2.05) is 6.07 Å². The van der Waals surface area contributed by atoms with Crippen molar-refractivity contribution in [3.8, 4) is 5.75 Å². The summed E-state index contributed by atoms with van der Waals surface area (Å²) in [6, 6.07) is 8.70. The van der Waals surface area contributed by atoms with Crippen molar-refractivity contribution in [1.82, 2.24) is 0 Å². The summed E-state index contributed by atoms with van der Waals surface area (Å²) < 4.78 is 29.5. The maximum atomic E-state index is 12.1. The lowest BCUT2D eigenvalue weighted by atomic mass is 10.3. The van der Waals surface area contributed by atoms with E-state index in [4.69, 9.17) is 4.74 Å². The Morgan fingerprint density at radius 3 is 2.35 bits per heavy atom. The van der Waals surface area contributed by atoms with Crippen molar-refractivity contribution in [2.24, 2.45) is 0 Å². The van der Waals surface area contributed by atoms with Crippen LogP contribution in [0.2, 0.25) is 0 Å². The fourth-order valence-electron chi connectivity index (χ4n) is 1.66. The minimum Gasteiger partial charge on any atom is -0.472 e. The lowest BCUT2D eigenvalue weighted by Crippen LogP contribution is -2.39. The van der Waals surface area contributed by atoms with Crippen molar-refractivity contribution in [3.05, 3.63) is 30.3 Å². The normalized spacial score (nSPS) is 19.6. The van der Waals surface area contributed by atoms with Crippen LogP contribution in [0.25, 0.3) is 0 Å². The first-order valence-corrected chi connectivity index (χ1v) is 7.25. The van der Waals surface area contributed by atoms with Crippen LogP contribution in [0.1, 0.15) is 19.8 Å². The smallest absolute Gasteiger partial charge is 0.224 e. The Bertz CT molecular complexity index is 463. The van der Waals surface area contributed by atoms with Gasteiger partial charge in [0.2, 0.25) is 5.44 Å². The molecule has 4 nitrogen and oxygen atoms in total. The Kier molecular flexibility index (Phi) is 3.40. The van der Waals surface area contributed by atoms with Crippen LogP contribution in [-0.2, 0) is 9.84 Å². The molecule has 0 spiro atoms. The number of rotatable bonds is 5. The third kappa shape index (κ3) is 2.79. The van der Waals surface area contributed by atoms with Gasteiger partial charge >= 0.3 is 0 Å². The molecule has 0 bridgehead atoms. The van der Waals surface area contributed by atoms with E-state index in [0.29, 0.717) is 18.6 Å². The first kappa shape index (κ1) is 12.4. The lowest BCUT2D eigenvalue weighted by Gasteiger charge is -2.21. The fraction of sp³-hybridized carbons (Fsp3) is 0.500. The van der Waals surface area contributed by atoms with E-state index in [1.54, 1.807) is 24.3 Å². The van der Waals surface area contributed by atoms with Crippen LogP contribution >= 0.6 is 0 Å². The number of hydrogen-bond donors (Lipinski definition) is 1. The van der Waals surface area contributed by atoms with Gasteiger partial charge in [0.15, 0.2) is 9.84 Å². The molecule has 94 valence electrons. The van der Waals surface area contributed by atoms with Crippen molar-refractivity contribution in [2.45, 2.75) is 36.6 Å². The Hall–Kier alpha value is -1.07. The predicted octanol–water partition coefficient (Wildman–Crippen LogP) is 1.35. The van der Waals surface area contributed by atoms with Crippen molar-refractivity contribution in [3.63, 3.8) is 0 Å². The number of para-hydroxylation sites is 1. The second kappa shape index (κ2) is 4.66. The zero-order valence-corrected chi connectivity index (χ0v) is 10.4. The van der Waals surface area contributed by atoms with Gasteiger partial charge in [-0.15, -0.1) is 0 Å². The molecule has 1 aliphatic carbocycles. The highest BCUT2D eigenvalue weighted by atomic mass is 32.2. The van der Waals surface area contributed by atoms with Gasteiger partial charge in [0, 0.05) is 0 Å². The molecule has 0 heterocycles. The molecule has 0 aromatic heterocycles. The van der Waals surface area contributed by atoms with Crippen LogP contribution in [0.3, 0.4) is 0 Å². The third-order valence-corrected chi connectivity index (χ3v) is 5.24. The lowest BCUT2D eigenvalue weighted by molar-refractivity contribution is 0.0953. The first-order chi connectivity index (χ1) is 8.01. The van der Waals surface area contributed by atoms with Crippen LogP contribution in [0.5, 0.6) is 5.75 Å². The number of hydrogen-bond acceptors (Lipinski definition) is 4. The van der Waals surface area contributed by atoms with Crippen molar-refractivity contribution in [2.75, 3.05) is 0 Å². The Morgan fingerprint density at radius 2 is 1.88 bits per heavy atom. The second-order valence-corrected chi connectivity index (χ2v) is 6.64. The Labute approximate surface area is 101 Å². The number of aliphatic hydroxyl groups is 1. The quantitative estimate of drug-likeness (QED) is 0.863. The summed E-state index contributed by atoms with van der Waals surface area (Å²) in [4.78, 5) is 0. The highest BCUT2D eigenvalue weighted by molar-refractivity contribution is 7.92. The van der Waals surface area contributed by atoms with E-state index >= 15 is 0 Å². The van der Waals surface area contributed by atoms with Crippen LogP contribution < -0.4 is 4.74 Å². The Morgan fingerprint density at radius 1 is 1.29 bits per heavy atom. The van der Waals surface area contributed by atoms with Crippen LogP contribution in [0, 0.1) is 0 Å². The highest BCUT2D eigenvalue weighted by Gasteiger charge is 2.44. The second-order valence-electron chi connectivity index (χ2n) is 4.33. The molecule has 1 aromatic rings. The largest absolute Gasteiger partial charge is 0.472 e. The molecule has 2 atom stereocenters. The number of benzene rings is 1. The summed E-state index contributed by atoms with van der Waals surface area (Å²) in [5, 5.41) is 9.24. The van der Waals surface area contributed by atoms with E-state index in [2.05, 4.69) is 0 Å². The summed E-state index contributed by atoms with van der Waals surface area (Å²) in [7, 11) is -3.40. The maximum absolute atomic E-state index is 12.1. The number of ether oxygens (including phenoxy) is 1. The number of sulfone groups is 1. The molecule has 0 aliphatic heterocycles. The zero-order valence-electron chi connectivity index (χ0n) is 9.61. The van der Waals surface area contributed by atoms with Crippen molar-refractivity contribution in [1.29, 1.82) is 0 Å². The van der Waals surface area contributed by atoms with E-state index in [1.165, 1.54) is 6.92 Å². The predicted molar refractivity (Wildman–Crippen MR) is 64.5 cm³/mol. The van der Waals surface area contributed by atoms with Gasteiger partial charge in [-0.25, -0.2) is 8.42 Å². The molecule has 5 heteroatoms. The van der Waals surface area contributed by atoms with Gasteiger partial charge in [-0.05, 0) is 31.9 Å². The monoisotopic (exact) mass is 256 g/mol. The molecule has 0 amide bonds. The van der Waals surface area contributed by atoms with Crippen LogP contribution in [-0.4, -0.2) is 30.3 Å². The molecule has 0 saturated heterocycles. The number of aliphatic hydroxyl groups excluding tert-OH is 1. The van der Waals surface area contributed by atoms with E-state index in [9.17, 15) is 13.5 Å². The molecular formula is C12H16O4S. The van der Waals surface area contributed by atoms with Gasteiger partial charge in [-0.2, -0.15) is 0 Å². The average Bonchev–Trinajstić information content (AvgIpc) is 3.10. The highest BCUT2D eigenvalue weighted by Crippen LogP contribution is 2.33. The van der Waals surface area contributed by atoms with E-state index in [-0.39, 0.29) is 5.25 Å². The maximum Gasteiger partial charge on any atom is 0.224 e. The SMILES string of the molecule is CC(O)C(Oc1ccccc1)S(=O)(=O)C1CC1. The van der Waals surface area contributed by atoms with Crippen molar-refractivity contribution < 1.29 is 18.3 Å². The summed E-state index contributed by atoms with van der Waals surface area (Å²) in [6.07, 6.45) is 0.300. The van der Waals surface area contributed by atoms with Crippen LogP contribution in [0.4, 0.5) is 0 Å². The molecular weight excluding hydrogens is 240 g/mol. The van der Waals surface area contributed by atoms with Gasteiger partial charge in [-0.1, -0.05) is 18.2 Å². The minimum absolute atomic E-state index is 0.342. The summed E-state index contributed by atoms with van der Waals surface area (Å²) in [5.74, 6) is 0.461. The summed E-state index contributed by atoms with van der Waals surface area (Å²) in [5.41, 5.74) is -1.17. The molecule has 1 N–H and O–H groups in total. The first-order valence-electron chi connectivity index (χ1n) is 5.64. The topological polar surface area (TPSA) is 63.6 Å². The average molecular weight is 256 g/mol. The summed E-state index contributed by atoms with van der Waals surface area (Å²) >= 11 is 0. The molecule has 2 rings (SSSR count). The molecule has 17 heavy (non-hydrogen) atoms. The molecule has 1 fully saturated rings. The molecule has 2 unspecified atom stereocenters. The van der Waals surface area contributed by atoms with Gasteiger partial charge in [-0.3, -0.25) is 0 Å². The standard InChI is InChI=1S/C12H16O4S/c1-9(13)12(17(14,15)11-7-8-11)16-10-5-3-2-4-6-10/h2-6,9,11-13H,7-8H2,1H3. The third-order valence-electron chi connectivity index (χ3n) is 2.70. The molecule has 1 aliphatic rings. The molecule has 0 radical (unpaired) electrons. The zero-order chi connectivity index (χ0) is 12.5. The van der Waals surface area contributed by atoms with Gasteiger partial charge in [0.05, 0.1) is 5.25 Å². The van der Waals surface area contributed by atoms with Crippen LogP contribution in [0.15, 0.2) is 30.3 Å². The fourth-order valence-corrected chi connectivity index (χ4v) is 3.63. The van der Waals surface area contributed by atoms with E-state index < -0.39 is 21.4 Å². The minimum atomic E-state index is -3.40.